The highest BCUT2D eigenvalue weighted by atomic mass is 16.6. The van der Waals surface area contributed by atoms with Crippen molar-refractivity contribution in [2.75, 3.05) is 13.2 Å². The Bertz CT molecular complexity index is 1450. The van der Waals surface area contributed by atoms with Crippen LogP contribution in [-0.4, -0.2) is 88.7 Å². The summed E-state index contributed by atoms with van der Waals surface area (Å²) in [5.74, 6) is -1.85. The minimum atomic E-state index is -1.07. The van der Waals surface area contributed by atoms with E-state index in [0.717, 1.165) is 11.1 Å². The van der Waals surface area contributed by atoms with E-state index in [-0.39, 0.29) is 31.5 Å². The minimum absolute atomic E-state index is 0.0659. The maximum Gasteiger partial charge on any atom is 0.408 e. The highest BCUT2D eigenvalue weighted by molar-refractivity contribution is 5.95. The van der Waals surface area contributed by atoms with E-state index in [4.69, 9.17) is 14.2 Å². The van der Waals surface area contributed by atoms with E-state index in [1.54, 1.807) is 32.6 Å². The molecule has 0 aliphatic carbocycles. The molecule has 2 heterocycles. The van der Waals surface area contributed by atoms with E-state index in [1.807, 2.05) is 74.5 Å². The summed E-state index contributed by atoms with van der Waals surface area (Å²) in [4.78, 5) is 70.3. The predicted molar refractivity (Wildman–Crippen MR) is 182 cm³/mol. The average Bonchev–Trinajstić information content (AvgIpc) is 3.53. The van der Waals surface area contributed by atoms with E-state index >= 15 is 0 Å². The molecular weight excluding hydrogens is 628 g/mol. The monoisotopic (exact) mass is 678 g/mol. The van der Waals surface area contributed by atoms with Gasteiger partial charge in [-0.1, -0.05) is 74.5 Å². The summed E-state index contributed by atoms with van der Waals surface area (Å²) in [7, 11) is 0. The van der Waals surface area contributed by atoms with Gasteiger partial charge in [0, 0.05) is 13.0 Å². The number of amides is 3. The fourth-order valence-corrected chi connectivity index (χ4v) is 6.04. The van der Waals surface area contributed by atoms with Crippen LogP contribution in [0.5, 0.6) is 0 Å². The lowest BCUT2D eigenvalue weighted by molar-refractivity contribution is -0.155. The average molecular weight is 679 g/mol. The number of hydrogen-bond acceptors (Lipinski definition) is 9. The van der Waals surface area contributed by atoms with Crippen molar-refractivity contribution in [2.45, 2.75) is 110 Å². The van der Waals surface area contributed by atoms with Gasteiger partial charge in [-0.2, -0.15) is 0 Å². The summed E-state index contributed by atoms with van der Waals surface area (Å²) in [6.45, 7) is 11.4. The fraction of sp³-hybridized carbons (Fsp3) is 0.541. The zero-order valence-corrected chi connectivity index (χ0v) is 29.3. The standard InChI is InChI=1S/C37H50N4O8/c1-7-47-35(45)30-31(41(30)33(43)28(22-25-15-10-8-11-16-25)39-36(46)49-37(4,5)6)38-27(21-24(2)3)32(42)40-20-14-19-29(40)34(44)48-23-26-17-12-9-13-18-26/h8-13,15-18,24,27-31,38H,7,14,19-23H2,1-6H3,(H,39,46)/t27-,28-,29-,30-,31-,41?/m0/s1. The van der Waals surface area contributed by atoms with Gasteiger partial charge in [-0.05, 0) is 64.0 Å². The molecule has 12 heteroatoms. The van der Waals surface area contributed by atoms with Crippen LogP contribution in [0, 0.1) is 5.92 Å². The van der Waals surface area contributed by atoms with E-state index in [9.17, 15) is 24.0 Å². The van der Waals surface area contributed by atoms with Crippen molar-refractivity contribution in [1.29, 1.82) is 0 Å². The molecule has 2 N–H and O–H groups in total. The zero-order chi connectivity index (χ0) is 35.7. The molecule has 0 spiro atoms. The smallest absolute Gasteiger partial charge is 0.408 e. The third-order valence-corrected chi connectivity index (χ3v) is 8.27. The van der Waals surface area contributed by atoms with Crippen LogP contribution < -0.4 is 10.6 Å². The first-order valence-electron chi connectivity index (χ1n) is 17.1. The van der Waals surface area contributed by atoms with Crippen LogP contribution in [0.15, 0.2) is 60.7 Å². The van der Waals surface area contributed by atoms with Crippen molar-refractivity contribution in [2.24, 2.45) is 5.92 Å². The predicted octanol–water partition coefficient (Wildman–Crippen LogP) is 3.96. The van der Waals surface area contributed by atoms with Crippen molar-refractivity contribution in [3.05, 3.63) is 71.8 Å². The van der Waals surface area contributed by atoms with E-state index in [2.05, 4.69) is 10.6 Å². The largest absolute Gasteiger partial charge is 0.464 e. The Morgan fingerprint density at radius 3 is 2.08 bits per heavy atom. The number of benzene rings is 2. The van der Waals surface area contributed by atoms with Gasteiger partial charge in [0.25, 0.3) is 0 Å². The highest BCUT2D eigenvalue weighted by Crippen LogP contribution is 2.31. The molecule has 0 saturated carbocycles. The summed E-state index contributed by atoms with van der Waals surface area (Å²) in [6, 6.07) is 14.9. The Morgan fingerprint density at radius 2 is 1.49 bits per heavy atom. The molecule has 2 fully saturated rings. The quantitative estimate of drug-likeness (QED) is 0.172. The number of likely N-dealkylation sites (tertiary alicyclic amines) is 1. The molecule has 12 nitrogen and oxygen atoms in total. The van der Waals surface area contributed by atoms with Gasteiger partial charge in [0.1, 0.15) is 30.5 Å². The molecule has 49 heavy (non-hydrogen) atoms. The molecule has 3 amide bonds. The maximum atomic E-state index is 14.2. The Morgan fingerprint density at radius 1 is 0.857 bits per heavy atom. The van der Waals surface area contributed by atoms with Crippen LogP contribution in [0.3, 0.4) is 0 Å². The van der Waals surface area contributed by atoms with E-state index in [1.165, 1.54) is 4.90 Å². The Labute approximate surface area is 288 Å². The van der Waals surface area contributed by atoms with Gasteiger partial charge in [0.2, 0.25) is 11.8 Å². The molecule has 266 valence electrons. The topological polar surface area (TPSA) is 143 Å². The van der Waals surface area contributed by atoms with Crippen LogP contribution >= 0.6 is 0 Å². The number of esters is 2. The second-order valence-corrected chi connectivity index (χ2v) is 13.9. The molecule has 5 atom stereocenters. The number of hydrogen-bond donors (Lipinski definition) is 2. The third kappa shape index (κ3) is 10.5. The first kappa shape index (κ1) is 37.4. The van der Waals surface area contributed by atoms with Crippen LogP contribution in [-0.2, 0) is 46.4 Å². The van der Waals surface area contributed by atoms with E-state index in [0.29, 0.717) is 25.8 Å². The second-order valence-electron chi connectivity index (χ2n) is 13.9. The lowest BCUT2D eigenvalue weighted by atomic mass is 10.0. The lowest BCUT2D eigenvalue weighted by Gasteiger charge is -2.29. The van der Waals surface area contributed by atoms with Crippen molar-refractivity contribution in [1.82, 2.24) is 20.4 Å². The molecule has 2 aromatic rings. The zero-order valence-electron chi connectivity index (χ0n) is 29.3. The molecule has 0 radical (unpaired) electrons. The summed E-state index contributed by atoms with van der Waals surface area (Å²) in [5, 5.41) is 5.96. The number of rotatable bonds is 14. The minimum Gasteiger partial charge on any atom is -0.464 e. The molecule has 0 unspecified atom stereocenters. The number of alkyl carbamates (subject to hydrolysis) is 1. The van der Waals surface area contributed by atoms with Gasteiger partial charge in [0.05, 0.1) is 12.6 Å². The lowest BCUT2D eigenvalue weighted by Crippen LogP contribution is -2.53. The van der Waals surface area contributed by atoms with Crippen molar-refractivity contribution in [3.8, 4) is 0 Å². The van der Waals surface area contributed by atoms with Gasteiger partial charge in [0.15, 0.2) is 6.04 Å². The summed E-state index contributed by atoms with van der Waals surface area (Å²) < 4.78 is 16.4. The Kier molecular flexibility index (Phi) is 12.8. The SMILES string of the molecule is CCOC(=O)[C@@H]1[C@@H](N[C@@H](CC(C)C)C(=O)N2CCC[C@H]2C(=O)OCc2ccccc2)N1C(=O)[C@H](Cc1ccccc1)NC(=O)OC(C)(C)C. The molecular formula is C37H50N4O8. The Hall–Kier alpha value is -4.45. The molecule has 2 aliphatic rings. The number of carbonyl (C=O) groups is 5. The van der Waals surface area contributed by atoms with Gasteiger partial charge in [-0.25, -0.2) is 14.4 Å². The van der Waals surface area contributed by atoms with Gasteiger partial charge < -0.3 is 29.3 Å². The first-order valence-corrected chi connectivity index (χ1v) is 17.1. The van der Waals surface area contributed by atoms with Crippen LogP contribution in [0.25, 0.3) is 0 Å². The first-order chi connectivity index (χ1) is 23.3. The normalized spacial score (nSPS) is 19.9. The summed E-state index contributed by atoms with van der Waals surface area (Å²) in [6.07, 6.45) is 0.00945. The maximum absolute atomic E-state index is 14.2. The second kappa shape index (κ2) is 16.8. The molecule has 2 saturated heterocycles. The Balaban J connectivity index is 1.54. The van der Waals surface area contributed by atoms with Crippen LogP contribution in [0.2, 0.25) is 0 Å². The third-order valence-electron chi connectivity index (χ3n) is 8.27. The summed E-state index contributed by atoms with van der Waals surface area (Å²) >= 11 is 0. The summed E-state index contributed by atoms with van der Waals surface area (Å²) in [5.41, 5.74) is 0.845. The van der Waals surface area contributed by atoms with Crippen LogP contribution in [0.4, 0.5) is 4.79 Å². The molecule has 2 aliphatic heterocycles. The van der Waals surface area contributed by atoms with Gasteiger partial charge in [-0.15, -0.1) is 0 Å². The van der Waals surface area contributed by atoms with Gasteiger partial charge in [-0.3, -0.25) is 14.9 Å². The van der Waals surface area contributed by atoms with E-state index < -0.39 is 59.9 Å². The van der Waals surface area contributed by atoms with Crippen molar-refractivity contribution >= 4 is 29.8 Å². The number of carbonyl (C=O) groups excluding carboxylic acids is 5. The number of nitrogens with zero attached hydrogens (tertiary/aromatic N) is 2. The number of ether oxygens (including phenoxy) is 3. The van der Waals surface area contributed by atoms with Crippen LogP contribution in [0.1, 0.15) is 71.9 Å². The highest BCUT2D eigenvalue weighted by Gasteiger charge is 2.59. The molecule has 0 aromatic heterocycles. The fourth-order valence-electron chi connectivity index (χ4n) is 6.04. The molecule has 2 aromatic carbocycles. The van der Waals surface area contributed by atoms with Crippen molar-refractivity contribution < 1.29 is 38.2 Å². The van der Waals surface area contributed by atoms with Crippen molar-refractivity contribution in [3.63, 3.8) is 0 Å². The molecule has 0 bridgehead atoms. The van der Waals surface area contributed by atoms with Gasteiger partial charge >= 0.3 is 18.0 Å². The number of nitrogens with one attached hydrogen (secondary N) is 2. The molecule has 4 rings (SSSR count).